The molecule has 4 heteroatoms. The summed E-state index contributed by atoms with van der Waals surface area (Å²) in [4.78, 5) is 0. The van der Waals surface area contributed by atoms with Gasteiger partial charge < -0.3 is 4.55 Å². The lowest BCUT2D eigenvalue weighted by Gasteiger charge is -1.92. The summed E-state index contributed by atoms with van der Waals surface area (Å²) in [5.41, 5.74) is 0. The number of fused-ring (bicyclic) bond motifs is 1. The lowest BCUT2D eigenvalue weighted by molar-refractivity contribution is 0.470. The van der Waals surface area contributed by atoms with Crippen LogP contribution in [-0.4, -0.2) is 19.2 Å². The highest BCUT2D eigenvalue weighted by Crippen LogP contribution is 2.11. The number of benzene rings is 2. The highest BCUT2D eigenvalue weighted by atomic mass is 32.2. The molecule has 0 heterocycles. The number of hydrogen-bond acceptors (Lipinski definition) is 3. The van der Waals surface area contributed by atoms with Gasteiger partial charge in [-0.05, 0) is 10.8 Å². The highest BCUT2D eigenvalue weighted by molar-refractivity contribution is 7.84. The molecule has 0 aliphatic carbocycles. The van der Waals surface area contributed by atoms with Gasteiger partial charge in [-0.25, -0.2) is 8.42 Å². The van der Waals surface area contributed by atoms with Gasteiger partial charge >= 0.3 is 0 Å². The highest BCUT2D eigenvalue weighted by Gasteiger charge is 1.85. The maximum atomic E-state index is 9.08. The zero-order chi connectivity index (χ0) is 15.3. The molecule has 0 spiro atoms. The molecule has 2 rings (SSSR count). The van der Waals surface area contributed by atoms with Crippen LogP contribution in [0.25, 0.3) is 10.8 Å². The van der Waals surface area contributed by atoms with E-state index in [9.17, 15) is 0 Å². The first-order valence-corrected chi connectivity index (χ1v) is 8.13. The van der Waals surface area contributed by atoms with Crippen molar-refractivity contribution in [2.75, 3.05) is 6.26 Å². The Morgan fingerprint density at radius 3 is 1.05 bits per heavy atom. The predicted octanol–water partition coefficient (Wildman–Crippen LogP) is 4.05. The second kappa shape index (κ2) is 11.7. The van der Waals surface area contributed by atoms with Crippen molar-refractivity contribution >= 4 is 20.9 Å². The molecule has 0 bridgehead atoms. The summed E-state index contributed by atoms with van der Waals surface area (Å²) in [7, 11) is -3.92. The van der Waals surface area contributed by atoms with Crippen LogP contribution in [0.2, 0.25) is 0 Å². The Morgan fingerprint density at radius 2 is 0.895 bits per heavy atom. The second-order valence-electron chi connectivity index (χ2n) is 3.05. The van der Waals surface area contributed by atoms with Crippen molar-refractivity contribution in [1.29, 1.82) is 0 Å². The molecule has 0 N–H and O–H groups in total. The minimum atomic E-state index is -3.92. The molecule has 0 saturated heterocycles. The minimum Gasteiger partial charge on any atom is -0.748 e. The van der Waals surface area contributed by atoms with Gasteiger partial charge in [0.05, 0.1) is 10.1 Å². The Labute approximate surface area is 117 Å². The van der Waals surface area contributed by atoms with Gasteiger partial charge in [-0.2, -0.15) is 0 Å². The summed E-state index contributed by atoms with van der Waals surface area (Å²) in [5.74, 6) is 0. The van der Waals surface area contributed by atoms with Crippen LogP contribution in [0, 0.1) is 0 Å². The van der Waals surface area contributed by atoms with Gasteiger partial charge in [0.2, 0.25) is 0 Å². The van der Waals surface area contributed by atoms with Crippen molar-refractivity contribution in [2.24, 2.45) is 0 Å². The zero-order valence-electron chi connectivity index (χ0n) is 12.3. The number of rotatable bonds is 0. The van der Waals surface area contributed by atoms with Gasteiger partial charge in [-0.15, -0.1) is 0 Å². The van der Waals surface area contributed by atoms with Crippen LogP contribution in [0.15, 0.2) is 48.5 Å². The maximum Gasteiger partial charge on any atom is 0.0916 e. The monoisotopic (exact) mass is 283 g/mol. The molecule has 0 fully saturated rings. The fourth-order valence-electron chi connectivity index (χ4n) is 1.13. The average molecular weight is 283 g/mol. The first kappa shape index (κ1) is 19.9. The predicted molar refractivity (Wildman–Crippen MR) is 82.3 cm³/mol. The average Bonchev–Trinajstić information content (AvgIpc) is 2.42. The molecule has 19 heavy (non-hydrogen) atoms. The summed E-state index contributed by atoms with van der Waals surface area (Å²) < 4.78 is 27.2. The second-order valence-corrected chi connectivity index (χ2v) is 4.46. The van der Waals surface area contributed by atoms with E-state index in [0.717, 1.165) is 0 Å². The first-order valence-electron chi connectivity index (χ1n) is 6.31. The van der Waals surface area contributed by atoms with E-state index in [-0.39, 0.29) is 0 Å². The molecular formula is C15H23O3S-. The molecule has 0 aliphatic heterocycles. The number of hydrogen-bond donors (Lipinski definition) is 0. The van der Waals surface area contributed by atoms with Gasteiger partial charge in [-0.1, -0.05) is 76.2 Å². The third-order valence-electron chi connectivity index (χ3n) is 1.66. The summed E-state index contributed by atoms with van der Waals surface area (Å²) in [6.45, 7) is 8.00. The van der Waals surface area contributed by atoms with Crippen molar-refractivity contribution in [3.63, 3.8) is 0 Å². The Hall–Kier alpha value is -1.39. The van der Waals surface area contributed by atoms with Crippen LogP contribution >= 0.6 is 0 Å². The molecule has 0 atom stereocenters. The Bertz CT molecular complexity index is 460. The fourth-order valence-corrected chi connectivity index (χ4v) is 1.13. The van der Waals surface area contributed by atoms with Crippen LogP contribution in [0.3, 0.4) is 0 Å². The zero-order valence-corrected chi connectivity index (χ0v) is 13.1. The van der Waals surface area contributed by atoms with E-state index in [4.69, 9.17) is 13.0 Å². The normalized spacial score (nSPS) is 8.95. The Morgan fingerprint density at radius 1 is 0.737 bits per heavy atom. The topological polar surface area (TPSA) is 57.2 Å². The maximum absolute atomic E-state index is 9.08. The van der Waals surface area contributed by atoms with E-state index < -0.39 is 10.1 Å². The van der Waals surface area contributed by atoms with Crippen molar-refractivity contribution in [2.45, 2.75) is 27.7 Å². The molecular weight excluding hydrogens is 260 g/mol. The molecule has 0 unspecified atom stereocenters. The van der Waals surface area contributed by atoms with Crippen molar-refractivity contribution in [1.82, 2.24) is 0 Å². The molecule has 0 aliphatic rings. The van der Waals surface area contributed by atoms with Crippen LogP contribution in [0.1, 0.15) is 27.7 Å². The minimum absolute atomic E-state index is 0.604. The lowest BCUT2D eigenvalue weighted by Crippen LogP contribution is -1.88. The molecule has 2 aromatic rings. The summed E-state index contributed by atoms with van der Waals surface area (Å²) in [5, 5.41) is 2.62. The molecule has 3 nitrogen and oxygen atoms in total. The largest absolute Gasteiger partial charge is 0.748 e. The van der Waals surface area contributed by atoms with Gasteiger partial charge in [0.25, 0.3) is 0 Å². The van der Waals surface area contributed by atoms with Crippen LogP contribution in [0.4, 0.5) is 0 Å². The van der Waals surface area contributed by atoms with Gasteiger partial charge in [0.15, 0.2) is 0 Å². The molecule has 0 saturated carbocycles. The SMILES string of the molecule is CC.CC.CS(=O)(=O)[O-].c1ccc2ccccc2c1. The molecule has 2 aromatic carbocycles. The lowest BCUT2D eigenvalue weighted by atomic mass is 10.1. The molecule has 0 radical (unpaired) electrons. The van der Waals surface area contributed by atoms with Crippen molar-refractivity contribution < 1.29 is 13.0 Å². The quantitative estimate of drug-likeness (QED) is 0.685. The van der Waals surface area contributed by atoms with Crippen molar-refractivity contribution in [3.8, 4) is 0 Å². The standard InChI is InChI=1S/C10H8.2C2H6.CH4O3S/c1-2-6-10-8-4-3-7-9(10)5-1;2*1-2;1-5(2,3)4/h1-8H;2*1-2H3;1H3,(H,2,3,4)/p-1. The van der Waals surface area contributed by atoms with E-state index >= 15 is 0 Å². The van der Waals surface area contributed by atoms with E-state index in [0.29, 0.717) is 6.26 Å². The van der Waals surface area contributed by atoms with Crippen LogP contribution in [0.5, 0.6) is 0 Å². The van der Waals surface area contributed by atoms with Crippen LogP contribution in [-0.2, 0) is 10.1 Å². The van der Waals surface area contributed by atoms with E-state index in [1.54, 1.807) is 0 Å². The van der Waals surface area contributed by atoms with Crippen molar-refractivity contribution in [3.05, 3.63) is 48.5 Å². The van der Waals surface area contributed by atoms with Gasteiger partial charge in [0, 0.05) is 6.26 Å². The fraction of sp³-hybridized carbons (Fsp3) is 0.333. The van der Waals surface area contributed by atoms with E-state index in [1.165, 1.54) is 10.8 Å². The van der Waals surface area contributed by atoms with E-state index in [2.05, 4.69) is 48.5 Å². The Kier molecular flexibility index (Phi) is 12.3. The molecule has 0 amide bonds. The smallest absolute Gasteiger partial charge is 0.0916 e. The van der Waals surface area contributed by atoms with Gasteiger partial charge in [0.1, 0.15) is 0 Å². The summed E-state index contributed by atoms with van der Waals surface area (Å²) >= 11 is 0. The van der Waals surface area contributed by atoms with E-state index in [1.807, 2.05) is 27.7 Å². The Balaban J connectivity index is 0. The first-order chi connectivity index (χ1) is 8.97. The summed E-state index contributed by atoms with van der Waals surface area (Å²) in [6.07, 6.45) is 0.604. The van der Waals surface area contributed by atoms with Gasteiger partial charge in [-0.3, -0.25) is 0 Å². The summed E-state index contributed by atoms with van der Waals surface area (Å²) in [6, 6.07) is 16.7. The third-order valence-corrected chi connectivity index (χ3v) is 1.66. The molecule has 0 aromatic heterocycles. The van der Waals surface area contributed by atoms with Crippen LogP contribution < -0.4 is 0 Å². The molecule has 108 valence electrons. The third kappa shape index (κ3) is 12.9.